The van der Waals surface area contributed by atoms with Gasteiger partial charge in [-0.3, -0.25) is 9.59 Å². The molecule has 0 radical (unpaired) electrons. The number of carbonyl (C=O) groups is 2. The number of hydrogen-bond acceptors (Lipinski definition) is 6. The van der Waals surface area contributed by atoms with E-state index in [0.717, 1.165) is 11.1 Å². The fourth-order valence-electron chi connectivity index (χ4n) is 2.19. The fourth-order valence-corrected chi connectivity index (χ4v) is 4.70. The van der Waals surface area contributed by atoms with Gasteiger partial charge in [0.15, 0.2) is 19.7 Å². The van der Waals surface area contributed by atoms with Gasteiger partial charge in [0.05, 0.1) is 9.79 Å². The van der Waals surface area contributed by atoms with Gasteiger partial charge in [0.1, 0.15) is 23.1 Å². The van der Waals surface area contributed by atoms with Gasteiger partial charge in [-0.25, -0.2) is 16.8 Å². The molecule has 2 aromatic carbocycles. The van der Waals surface area contributed by atoms with Crippen LogP contribution in [-0.2, 0) is 29.3 Å². The highest BCUT2D eigenvalue weighted by Gasteiger charge is 2.16. The number of hydrogen-bond donors (Lipinski definition) is 0. The molecule has 0 amide bonds. The third kappa shape index (κ3) is 7.74. The van der Waals surface area contributed by atoms with Gasteiger partial charge in [0.2, 0.25) is 0 Å². The van der Waals surface area contributed by atoms with Gasteiger partial charge < -0.3 is 0 Å². The Labute approximate surface area is 166 Å². The Hall–Kier alpha value is -2.32. The number of rotatable bonds is 6. The summed E-state index contributed by atoms with van der Waals surface area (Å²) in [4.78, 5) is 21.9. The molecule has 0 heterocycles. The van der Waals surface area contributed by atoms with Gasteiger partial charge in [-0.2, -0.15) is 0 Å². The predicted molar refractivity (Wildman–Crippen MR) is 108 cm³/mol. The summed E-state index contributed by atoms with van der Waals surface area (Å²) in [6.45, 7) is 6.29. The van der Waals surface area contributed by atoms with Crippen LogP contribution in [0.15, 0.2) is 58.3 Å². The van der Waals surface area contributed by atoms with E-state index in [-0.39, 0.29) is 21.4 Å². The molecule has 0 aliphatic rings. The monoisotopic (exact) mass is 424 g/mol. The number of Topliss-reactive ketones (excluding diaryl/α,β-unsaturated/α-hetero) is 2. The summed E-state index contributed by atoms with van der Waals surface area (Å²) in [5.74, 6) is -1.53. The normalized spacial score (nSPS) is 11.3. The van der Waals surface area contributed by atoms with Crippen molar-refractivity contribution in [2.45, 2.75) is 37.5 Å². The Morgan fingerprint density at radius 3 is 1.07 bits per heavy atom. The van der Waals surface area contributed by atoms with Crippen LogP contribution in [0.5, 0.6) is 0 Å². The van der Waals surface area contributed by atoms with Crippen molar-refractivity contribution < 1.29 is 26.4 Å². The van der Waals surface area contributed by atoms with Crippen molar-refractivity contribution in [2.24, 2.45) is 0 Å². The Bertz CT molecular complexity index is 945. The van der Waals surface area contributed by atoms with Gasteiger partial charge in [-0.15, -0.1) is 0 Å². The van der Waals surface area contributed by atoms with E-state index in [0.29, 0.717) is 0 Å². The fraction of sp³-hybridized carbons (Fsp3) is 0.300. The third-order valence-corrected chi connectivity index (χ3v) is 7.10. The maximum absolute atomic E-state index is 11.5. The molecule has 0 aliphatic heterocycles. The lowest BCUT2D eigenvalue weighted by molar-refractivity contribution is -0.115. The molecule has 0 atom stereocenters. The Morgan fingerprint density at radius 1 is 0.607 bits per heavy atom. The van der Waals surface area contributed by atoms with E-state index in [1.165, 1.54) is 38.1 Å². The highest BCUT2D eigenvalue weighted by atomic mass is 32.2. The molecule has 0 unspecified atom stereocenters. The molecular formula is C20H24O6S2. The molecule has 0 fully saturated rings. The van der Waals surface area contributed by atoms with Crippen molar-refractivity contribution in [3.05, 3.63) is 59.7 Å². The van der Waals surface area contributed by atoms with Crippen molar-refractivity contribution in [3.8, 4) is 0 Å². The molecule has 0 saturated carbocycles. The first kappa shape index (κ1) is 23.7. The highest BCUT2D eigenvalue weighted by molar-refractivity contribution is 7.92. The molecule has 6 nitrogen and oxygen atoms in total. The van der Waals surface area contributed by atoms with E-state index in [1.54, 1.807) is 24.3 Å². The molecule has 0 saturated heterocycles. The summed E-state index contributed by atoms with van der Waals surface area (Å²) < 4.78 is 46.1. The van der Waals surface area contributed by atoms with Crippen LogP contribution in [-0.4, -0.2) is 39.9 Å². The van der Waals surface area contributed by atoms with Crippen LogP contribution in [0.4, 0.5) is 0 Å². The van der Waals surface area contributed by atoms with Gasteiger partial charge in [-0.1, -0.05) is 35.4 Å². The molecule has 0 N–H and O–H groups in total. The van der Waals surface area contributed by atoms with Crippen molar-refractivity contribution >= 4 is 31.2 Å². The van der Waals surface area contributed by atoms with E-state index in [4.69, 9.17) is 0 Å². The molecule has 0 spiro atoms. The van der Waals surface area contributed by atoms with Crippen molar-refractivity contribution in [1.29, 1.82) is 0 Å². The van der Waals surface area contributed by atoms with Crippen molar-refractivity contribution in [3.63, 3.8) is 0 Å². The first-order valence-corrected chi connectivity index (χ1v) is 11.7. The summed E-state index contributed by atoms with van der Waals surface area (Å²) in [6.07, 6.45) is 0. The second-order valence-corrected chi connectivity index (χ2v) is 10.5. The molecular weight excluding hydrogens is 400 g/mol. The zero-order chi connectivity index (χ0) is 21.5. The Balaban J connectivity index is 0.000000280. The number of carbonyl (C=O) groups excluding carboxylic acids is 2. The quantitative estimate of drug-likeness (QED) is 0.706. The second-order valence-electron chi connectivity index (χ2n) is 6.55. The number of ketones is 2. The Morgan fingerprint density at radius 2 is 0.857 bits per heavy atom. The molecule has 8 heteroatoms. The van der Waals surface area contributed by atoms with Crippen LogP contribution in [0.3, 0.4) is 0 Å². The standard InChI is InChI=1S/2C10H12O3S/c2*1-8-3-5-10(6-4-8)14(12,13)7-9(2)11/h2*3-6H,7H2,1-2H3. The summed E-state index contributed by atoms with van der Waals surface area (Å²) in [7, 11) is -6.85. The summed E-state index contributed by atoms with van der Waals surface area (Å²) in [5.41, 5.74) is 1.98. The van der Waals surface area contributed by atoms with E-state index in [1.807, 2.05) is 13.8 Å². The third-order valence-electron chi connectivity index (χ3n) is 3.55. The lowest BCUT2D eigenvalue weighted by atomic mass is 10.2. The van der Waals surface area contributed by atoms with Gasteiger partial charge in [-0.05, 0) is 52.0 Å². The highest BCUT2D eigenvalue weighted by Crippen LogP contribution is 2.12. The smallest absolute Gasteiger partial charge is 0.185 e. The number of aryl methyl sites for hydroxylation is 2. The number of sulfone groups is 2. The average molecular weight is 425 g/mol. The van der Waals surface area contributed by atoms with Crippen LogP contribution < -0.4 is 0 Å². The predicted octanol–water partition coefficient (Wildman–Crippen LogP) is 2.72. The summed E-state index contributed by atoms with van der Waals surface area (Å²) >= 11 is 0. The minimum Gasteiger partial charge on any atom is -0.299 e. The van der Waals surface area contributed by atoms with Crippen LogP contribution in [0, 0.1) is 13.8 Å². The number of benzene rings is 2. The van der Waals surface area contributed by atoms with Gasteiger partial charge in [0.25, 0.3) is 0 Å². The SMILES string of the molecule is CC(=O)CS(=O)(=O)c1ccc(C)cc1.CC(=O)CS(=O)(=O)c1ccc(C)cc1. The molecule has 28 heavy (non-hydrogen) atoms. The van der Waals surface area contributed by atoms with E-state index < -0.39 is 31.2 Å². The average Bonchev–Trinajstić information content (AvgIpc) is 2.54. The minimum atomic E-state index is -3.43. The summed E-state index contributed by atoms with van der Waals surface area (Å²) in [5, 5.41) is 0. The molecule has 0 aliphatic carbocycles. The van der Waals surface area contributed by atoms with Crippen molar-refractivity contribution in [1.82, 2.24) is 0 Å². The molecule has 2 aromatic rings. The lowest BCUT2D eigenvalue weighted by Crippen LogP contribution is -2.13. The molecule has 2 rings (SSSR count). The van der Waals surface area contributed by atoms with Crippen LogP contribution in [0.1, 0.15) is 25.0 Å². The van der Waals surface area contributed by atoms with Gasteiger partial charge in [0, 0.05) is 0 Å². The van der Waals surface area contributed by atoms with Crippen LogP contribution in [0.2, 0.25) is 0 Å². The summed E-state index contributed by atoms with van der Waals surface area (Å²) in [6, 6.07) is 12.9. The maximum atomic E-state index is 11.5. The van der Waals surface area contributed by atoms with E-state index >= 15 is 0 Å². The van der Waals surface area contributed by atoms with Crippen LogP contribution in [0.25, 0.3) is 0 Å². The van der Waals surface area contributed by atoms with E-state index in [9.17, 15) is 26.4 Å². The first-order valence-electron chi connectivity index (χ1n) is 8.41. The maximum Gasteiger partial charge on any atom is 0.185 e. The lowest BCUT2D eigenvalue weighted by Gasteiger charge is -2.01. The topological polar surface area (TPSA) is 102 Å². The zero-order valence-electron chi connectivity index (χ0n) is 16.3. The second kappa shape index (κ2) is 9.75. The largest absolute Gasteiger partial charge is 0.299 e. The first-order chi connectivity index (χ1) is 12.8. The van der Waals surface area contributed by atoms with Crippen LogP contribution >= 0.6 is 0 Å². The molecule has 0 aromatic heterocycles. The Kier molecular flexibility index (Phi) is 8.26. The minimum absolute atomic E-state index is 0.207. The zero-order valence-corrected chi connectivity index (χ0v) is 17.9. The molecule has 152 valence electrons. The van der Waals surface area contributed by atoms with E-state index in [2.05, 4.69) is 0 Å². The van der Waals surface area contributed by atoms with Gasteiger partial charge >= 0.3 is 0 Å². The molecule has 0 bridgehead atoms. The van der Waals surface area contributed by atoms with Crippen molar-refractivity contribution in [2.75, 3.05) is 11.5 Å².